The number of hydrogen-bond donors (Lipinski definition) is 1. The van der Waals surface area contributed by atoms with Gasteiger partial charge in [-0.1, -0.05) is 29.8 Å². The van der Waals surface area contributed by atoms with Crippen LogP contribution in [0.3, 0.4) is 0 Å². The molecule has 0 aromatic heterocycles. The highest BCUT2D eigenvalue weighted by Gasteiger charge is 2.30. The number of ether oxygens (including phenoxy) is 1. The van der Waals surface area contributed by atoms with Crippen molar-refractivity contribution >= 4 is 35.2 Å². The number of nitrogens with one attached hydrogen (secondary N) is 1. The summed E-state index contributed by atoms with van der Waals surface area (Å²) in [6.45, 7) is 1.23. The van der Waals surface area contributed by atoms with Crippen LogP contribution in [0.2, 0.25) is 5.02 Å². The molecule has 8 heteroatoms. The number of anilines is 1. The Balaban J connectivity index is 1.89. The van der Waals surface area contributed by atoms with Gasteiger partial charge in [0.15, 0.2) is 6.61 Å². The average Bonchev–Trinajstić information content (AvgIpc) is 2.61. The second-order valence-electron chi connectivity index (χ2n) is 5.57. The van der Waals surface area contributed by atoms with Gasteiger partial charge in [0.2, 0.25) is 0 Å². The summed E-state index contributed by atoms with van der Waals surface area (Å²) < 4.78 is 42.7. The highest BCUT2D eigenvalue weighted by Crippen LogP contribution is 2.29. The highest BCUT2D eigenvalue weighted by molar-refractivity contribution is 6.31. The molecule has 4 nitrogen and oxygen atoms in total. The molecule has 0 saturated heterocycles. The van der Waals surface area contributed by atoms with Crippen molar-refractivity contribution in [2.45, 2.75) is 13.1 Å². The molecule has 142 valence electrons. The smallest absolute Gasteiger partial charge is 0.416 e. The van der Waals surface area contributed by atoms with Gasteiger partial charge in [-0.05, 0) is 48.4 Å². The lowest BCUT2D eigenvalue weighted by atomic mass is 10.1. The van der Waals surface area contributed by atoms with E-state index in [0.717, 1.165) is 23.8 Å². The summed E-state index contributed by atoms with van der Waals surface area (Å²) in [5, 5.41) is 3.00. The molecule has 0 heterocycles. The molecule has 0 aliphatic rings. The Morgan fingerprint density at radius 1 is 1.19 bits per heavy atom. The maximum absolute atomic E-state index is 12.6. The van der Waals surface area contributed by atoms with Crippen molar-refractivity contribution in [2.75, 3.05) is 11.9 Å². The van der Waals surface area contributed by atoms with Gasteiger partial charge in [-0.15, -0.1) is 0 Å². The standard InChI is InChI=1S/C19H15ClF3NO3/c1-12-5-7-15(20)10-16(12)24-17(25)11-27-18(26)8-6-13-3-2-4-14(9-13)19(21,22)23/h2-10H,11H2,1H3,(H,24,25)/b8-6+. The van der Waals surface area contributed by atoms with Crippen molar-refractivity contribution in [3.63, 3.8) is 0 Å². The normalized spacial score (nSPS) is 11.4. The number of benzene rings is 2. The van der Waals surface area contributed by atoms with Crippen molar-refractivity contribution in [3.05, 3.63) is 70.3 Å². The minimum Gasteiger partial charge on any atom is -0.452 e. The maximum atomic E-state index is 12.6. The van der Waals surface area contributed by atoms with Gasteiger partial charge in [0.05, 0.1) is 5.56 Å². The van der Waals surface area contributed by atoms with Crippen LogP contribution < -0.4 is 5.32 Å². The molecule has 2 aromatic rings. The topological polar surface area (TPSA) is 55.4 Å². The summed E-state index contributed by atoms with van der Waals surface area (Å²) in [6, 6.07) is 9.43. The third-order valence-corrected chi connectivity index (χ3v) is 3.68. The molecule has 2 aromatic carbocycles. The number of aryl methyl sites for hydroxylation is 1. The van der Waals surface area contributed by atoms with Crippen molar-refractivity contribution in [1.82, 2.24) is 0 Å². The number of esters is 1. The monoisotopic (exact) mass is 397 g/mol. The summed E-state index contributed by atoms with van der Waals surface area (Å²) >= 11 is 5.85. The van der Waals surface area contributed by atoms with E-state index in [4.69, 9.17) is 16.3 Å². The number of halogens is 4. The van der Waals surface area contributed by atoms with Gasteiger partial charge in [-0.2, -0.15) is 13.2 Å². The van der Waals surface area contributed by atoms with Crippen LogP contribution in [0.1, 0.15) is 16.7 Å². The van der Waals surface area contributed by atoms with Crippen LogP contribution in [0.4, 0.5) is 18.9 Å². The molecule has 2 rings (SSSR count). The summed E-state index contributed by atoms with van der Waals surface area (Å²) in [6.07, 6.45) is -2.34. The quantitative estimate of drug-likeness (QED) is 0.579. The Bertz CT molecular complexity index is 879. The van der Waals surface area contributed by atoms with E-state index in [1.165, 1.54) is 18.2 Å². The maximum Gasteiger partial charge on any atom is 0.416 e. The number of hydrogen-bond acceptors (Lipinski definition) is 3. The fourth-order valence-electron chi connectivity index (χ4n) is 2.08. The molecule has 27 heavy (non-hydrogen) atoms. The molecule has 0 bridgehead atoms. The predicted molar refractivity (Wildman–Crippen MR) is 96.3 cm³/mol. The van der Waals surface area contributed by atoms with E-state index in [1.807, 2.05) is 0 Å². The fraction of sp³-hybridized carbons (Fsp3) is 0.158. The zero-order chi connectivity index (χ0) is 20.0. The zero-order valence-corrected chi connectivity index (χ0v) is 14.9. The van der Waals surface area contributed by atoms with Gasteiger partial charge in [-0.3, -0.25) is 4.79 Å². The molecular formula is C19H15ClF3NO3. The van der Waals surface area contributed by atoms with Gasteiger partial charge in [-0.25, -0.2) is 4.79 Å². The van der Waals surface area contributed by atoms with E-state index in [0.29, 0.717) is 10.7 Å². The van der Waals surface area contributed by atoms with E-state index >= 15 is 0 Å². The predicted octanol–water partition coefficient (Wildman–Crippen LogP) is 4.86. The van der Waals surface area contributed by atoms with Crippen molar-refractivity contribution in [1.29, 1.82) is 0 Å². The lowest BCUT2D eigenvalue weighted by Crippen LogP contribution is -2.20. The first kappa shape index (κ1) is 20.5. The highest BCUT2D eigenvalue weighted by atomic mass is 35.5. The molecule has 0 unspecified atom stereocenters. The number of carbonyl (C=O) groups excluding carboxylic acids is 2. The van der Waals surface area contributed by atoms with Gasteiger partial charge in [0.1, 0.15) is 0 Å². The van der Waals surface area contributed by atoms with Gasteiger partial charge < -0.3 is 10.1 Å². The summed E-state index contributed by atoms with van der Waals surface area (Å²) in [5.41, 5.74) is 0.627. The van der Waals surface area contributed by atoms with Crippen molar-refractivity contribution in [2.24, 2.45) is 0 Å². The Labute approximate surface area is 158 Å². The van der Waals surface area contributed by atoms with Crippen LogP contribution in [0.15, 0.2) is 48.5 Å². The SMILES string of the molecule is Cc1ccc(Cl)cc1NC(=O)COC(=O)/C=C/c1cccc(C(F)(F)F)c1. The largest absolute Gasteiger partial charge is 0.452 e. The number of alkyl halides is 3. The molecule has 0 radical (unpaired) electrons. The Morgan fingerprint density at radius 2 is 1.93 bits per heavy atom. The third kappa shape index (κ3) is 6.45. The second-order valence-corrected chi connectivity index (χ2v) is 6.01. The Morgan fingerprint density at radius 3 is 2.63 bits per heavy atom. The summed E-state index contributed by atoms with van der Waals surface area (Å²) in [5.74, 6) is -1.42. The van der Waals surface area contributed by atoms with Gasteiger partial charge >= 0.3 is 12.1 Å². The fourth-order valence-corrected chi connectivity index (χ4v) is 2.26. The Kier molecular flexibility index (Phi) is 6.63. The first-order valence-corrected chi connectivity index (χ1v) is 8.11. The zero-order valence-electron chi connectivity index (χ0n) is 14.1. The second kappa shape index (κ2) is 8.73. The Hall–Kier alpha value is -2.80. The van der Waals surface area contributed by atoms with E-state index in [-0.39, 0.29) is 5.56 Å². The van der Waals surface area contributed by atoms with Crippen LogP contribution in [0.5, 0.6) is 0 Å². The molecule has 0 atom stereocenters. The minimum atomic E-state index is -4.47. The first-order chi connectivity index (χ1) is 12.6. The summed E-state index contributed by atoms with van der Waals surface area (Å²) in [7, 11) is 0. The molecule has 0 spiro atoms. The van der Waals surface area contributed by atoms with Crippen LogP contribution in [0, 0.1) is 6.92 Å². The lowest BCUT2D eigenvalue weighted by molar-refractivity contribution is -0.142. The van der Waals surface area contributed by atoms with Crippen LogP contribution in [0.25, 0.3) is 6.08 Å². The minimum absolute atomic E-state index is 0.181. The lowest BCUT2D eigenvalue weighted by Gasteiger charge is -2.08. The van der Waals surface area contributed by atoms with Crippen molar-refractivity contribution < 1.29 is 27.5 Å². The van der Waals surface area contributed by atoms with E-state index < -0.39 is 30.2 Å². The van der Waals surface area contributed by atoms with Crippen LogP contribution in [-0.4, -0.2) is 18.5 Å². The number of amides is 1. The van der Waals surface area contributed by atoms with Crippen LogP contribution >= 0.6 is 11.6 Å². The van der Waals surface area contributed by atoms with Crippen LogP contribution in [-0.2, 0) is 20.5 Å². The van der Waals surface area contributed by atoms with E-state index in [1.54, 1.807) is 25.1 Å². The molecule has 1 N–H and O–H groups in total. The van der Waals surface area contributed by atoms with E-state index in [9.17, 15) is 22.8 Å². The van der Waals surface area contributed by atoms with Gasteiger partial charge in [0.25, 0.3) is 5.91 Å². The summed E-state index contributed by atoms with van der Waals surface area (Å²) in [4.78, 5) is 23.5. The number of carbonyl (C=O) groups is 2. The van der Waals surface area contributed by atoms with E-state index in [2.05, 4.69) is 5.32 Å². The average molecular weight is 398 g/mol. The van der Waals surface area contributed by atoms with Gasteiger partial charge in [0, 0.05) is 16.8 Å². The first-order valence-electron chi connectivity index (χ1n) is 7.73. The molecule has 0 fully saturated rings. The van der Waals surface area contributed by atoms with Crippen molar-refractivity contribution in [3.8, 4) is 0 Å². The molecule has 0 aliphatic carbocycles. The third-order valence-electron chi connectivity index (χ3n) is 3.45. The molecular weight excluding hydrogens is 383 g/mol. The molecule has 0 saturated carbocycles. The number of rotatable bonds is 5. The molecule has 0 aliphatic heterocycles. The molecule has 1 amide bonds.